The fourth-order valence-electron chi connectivity index (χ4n) is 5.89. The molecule has 3 aromatic carbocycles. The van der Waals surface area contributed by atoms with E-state index in [1.165, 1.54) is 7.11 Å². The van der Waals surface area contributed by atoms with Crippen molar-refractivity contribution >= 4 is 40.6 Å². The summed E-state index contributed by atoms with van der Waals surface area (Å²) in [4.78, 5) is 31.6. The molecule has 10 heteroatoms. The molecule has 0 saturated carbocycles. The molecule has 1 amide bonds. The highest BCUT2D eigenvalue weighted by atomic mass is 32.1. The molecule has 2 aromatic heterocycles. The number of pyridine rings is 1. The van der Waals surface area contributed by atoms with Gasteiger partial charge in [0.05, 0.1) is 30.5 Å². The van der Waals surface area contributed by atoms with Crippen LogP contribution < -0.4 is 20.3 Å². The molecule has 1 saturated heterocycles. The highest BCUT2D eigenvalue weighted by Crippen LogP contribution is 2.44. The van der Waals surface area contributed by atoms with Crippen molar-refractivity contribution in [1.82, 2.24) is 14.9 Å². The predicted molar refractivity (Wildman–Crippen MR) is 182 cm³/mol. The summed E-state index contributed by atoms with van der Waals surface area (Å²) in [6.45, 7) is 4.01. The van der Waals surface area contributed by atoms with Gasteiger partial charge in [-0.3, -0.25) is 9.78 Å². The predicted octanol–water partition coefficient (Wildman–Crippen LogP) is 6.47. The normalized spacial score (nSPS) is 15.7. The van der Waals surface area contributed by atoms with E-state index in [0.717, 1.165) is 34.0 Å². The summed E-state index contributed by atoms with van der Waals surface area (Å²) in [6.07, 6.45) is 1.78. The Morgan fingerprint density at radius 3 is 2.39 bits per heavy atom. The number of aryl methyl sites for hydroxylation is 1. The Balaban J connectivity index is 1.32. The van der Waals surface area contributed by atoms with Gasteiger partial charge in [0, 0.05) is 34.6 Å². The average molecular weight is 632 g/mol. The molecule has 232 valence electrons. The number of carbonyl (C=O) groups is 2. The molecule has 0 aliphatic carbocycles. The molecular weight excluding hydrogens is 598 g/mol. The smallest absolute Gasteiger partial charge is 0.337 e. The number of anilines is 2. The van der Waals surface area contributed by atoms with Crippen molar-refractivity contribution in [3.05, 3.63) is 138 Å². The molecule has 9 nitrogen and oxygen atoms in total. The molecule has 2 N–H and O–H groups in total. The number of esters is 1. The number of hydrogen-bond donors (Lipinski definition) is 2. The molecule has 3 heterocycles. The van der Waals surface area contributed by atoms with E-state index in [0.29, 0.717) is 22.1 Å². The summed E-state index contributed by atoms with van der Waals surface area (Å²) in [7, 11) is 1.38. The quantitative estimate of drug-likeness (QED) is 0.141. The monoisotopic (exact) mass is 631 g/mol. The molecule has 6 rings (SSSR count). The molecule has 1 aliphatic rings. The second-order valence-corrected chi connectivity index (χ2v) is 11.3. The number of benzene rings is 3. The second-order valence-electron chi connectivity index (χ2n) is 10.9. The van der Waals surface area contributed by atoms with Gasteiger partial charge in [-0.1, -0.05) is 30.3 Å². The van der Waals surface area contributed by atoms with Gasteiger partial charge in [-0.25, -0.2) is 4.79 Å². The van der Waals surface area contributed by atoms with Gasteiger partial charge >= 0.3 is 5.97 Å². The van der Waals surface area contributed by atoms with E-state index in [9.17, 15) is 9.59 Å². The number of rotatable bonds is 9. The van der Waals surface area contributed by atoms with Crippen LogP contribution in [0.1, 0.15) is 45.1 Å². The number of carbonyl (C=O) groups excluding carboxylic acids is 2. The van der Waals surface area contributed by atoms with Crippen LogP contribution in [0.5, 0.6) is 5.75 Å². The minimum absolute atomic E-state index is 0.0993. The third kappa shape index (κ3) is 6.20. The van der Waals surface area contributed by atoms with Crippen LogP contribution >= 0.6 is 12.2 Å². The van der Waals surface area contributed by atoms with Crippen LogP contribution in [0.3, 0.4) is 0 Å². The molecule has 2 atom stereocenters. The van der Waals surface area contributed by atoms with E-state index in [4.69, 9.17) is 21.7 Å². The highest BCUT2D eigenvalue weighted by Gasteiger charge is 2.42. The second kappa shape index (κ2) is 13.3. The lowest BCUT2D eigenvalue weighted by Crippen LogP contribution is -2.29. The van der Waals surface area contributed by atoms with Crippen LogP contribution in [0.15, 0.2) is 109 Å². The Morgan fingerprint density at radius 2 is 1.67 bits per heavy atom. The van der Waals surface area contributed by atoms with Crippen molar-refractivity contribution in [1.29, 1.82) is 0 Å². The minimum Gasteiger partial charge on any atom is -0.484 e. The van der Waals surface area contributed by atoms with Crippen molar-refractivity contribution in [2.75, 3.05) is 23.9 Å². The molecule has 1 fully saturated rings. The zero-order valence-corrected chi connectivity index (χ0v) is 26.5. The van der Waals surface area contributed by atoms with Gasteiger partial charge in [-0.05, 0) is 104 Å². The van der Waals surface area contributed by atoms with Crippen LogP contribution in [0, 0.1) is 13.8 Å². The van der Waals surface area contributed by atoms with Crippen molar-refractivity contribution in [2.45, 2.75) is 25.9 Å². The summed E-state index contributed by atoms with van der Waals surface area (Å²) in [5, 5.41) is 6.97. The first-order valence-electron chi connectivity index (χ1n) is 14.8. The Hall–Kier alpha value is -5.48. The van der Waals surface area contributed by atoms with E-state index >= 15 is 0 Å². The first kappa shape index (κ1) is 30.5. The lowest BCUT2D eigenvalue weighted by molar-refractivity contribution is -0.118. The molecular formula is C36H33N5O4S. The minimum atomic E-state index is -0.389. The SMILES string of the molecule is COC(=O)c1cccc(-n2c(C)cc([C@@H]3[C@@H](c4ccccn4)NC(=S)N3c3ccc(NC(=O)COc4ccccc4)cc3)c2C)c1. The Kier molecular flexibility index (Phi) is 8.80. The Morgan fingerprint density at radius 1 is 0.913 bits per heavy atom. The fraction of sp³-hybridized carbons (Fsp3) is 0.167. The molecule has 5 aromatic rings. The van der Waals surface area contributed by atoms with E-state index in [1.807, 2.05) is 85.8 Å². The third-order valence-corrected chi connectivity index (χ3v) is 8.27. The Labute approximate surface area is 272 Å². The lowest BCUT2D eigenvalue weighted by atomic mass is 9.96. The average Bonchev–Trinajstić information content (AvgIpc) is 3.58. The number of methoxy groups -OCH3 is 1. The maximum absolute atomic E-state index is 12.6. The standard InChI is InChI=1S/C36H33N5O4S/c1-23-20-30(24(2)40(23)28-11-9-10-25(21-28)35(43)44-3)34-33(31-14-7-8-19-37-31)39-36(46)41(34)27-17-15-26(16-18-27)38-32(42)22-45-29-12-5-4-6-13-29/h4-21,33-34H,22H2,1-3H3,(H,38,42)(H,39,46)/t33-,34-/m1/s1. The van der Waals surface area contributed by atoms with E-state index in [1.54, 1.807) is 24.4 Å². The molecule has 46 heavy (non-hydrogen) atoms. The van der Waals surface area contributed by atoms with Gasteiger partial charge < -0.3 is 29.6 Å². The number of ether oxygens (including phenoxy) is 2. The van der Waals surface area contributed by atoms with Crippen LogP contribution in [0.25, 0.3) is 5.69 Å². The van der Waals surface area contributed by atoms with Crippen molar-refractivity contribution in [2.24, 2.45) is 0 Å². The summed E-state index contributed by atoms with van der Waals surface area (Å²) in [6, 6.07) is 31.7. The summed E-state index contributed by atoms with van der Waals surface area (Å²) >= 11 is 5.94. The molecule has 0 bridgehead atoms. The van der Waals surface area contributed by atoms with Crippen molar-refractivity contribution < 1.29 is 19.1 Å². The number of aromatic nitrogens is 2. The summed E-state index contributed by atoms with van der Waals surface area (Å²) in [5.74, 6) is -0.0153. The van der Waals surface area contributed by atoms with Gasteiger partial charge in [0.1, 0.15) is 5.75 Å². The zero-order chi connectivity index (χ0) is 32.2. The largest absolute Gasteiger partial charge is 0.484 e. The number of hydrogen-bond acceptors (Lipinski definition) is 6. The number of thiocarbonyl (C=S) groups is 1. The van der Waals surface area contributed by atoms with Crippen LogP contribution in [-0.4, -0.2) is 40.3 Å². The van der Waals surface area contributed by atoms with E-state index in [-0.39, 0.29) is 30.6 Å². The summed E-state index contributed by atoms with van der Waals surface area (Å²) < 4.78 is 12.7. The van der Waals surface area contributed by atoms with Crippen LogP contribution in [0.2, 0.25) is 0 Å². The van der Waals surface area contributed by atoms with Gasteiger partial charge in [0.2, 0.25) is 0 Å². The van der Waals surface area contributed by atoms with E-state index < -0.39 is 0 Å². The summed E-state index contributed by atoms with van der Waals surface area (Å²) in [5.41, 5.74) is 6.75. The maximum atomic E-state index is 12.6. The van der Waals surface area contributed by atoms with Crippen molar-refractivity contribution in [3.8, 4) is 11.4 Å². The zero-order valence-electron chi connectivity index (χ0n) is 25.6. The van der Waals surface area contributed by atoms with E-state index in [2.05, 4.69) is 38.1 Å². The third-order valence-electron chi connectivity index (χ3n) is 7.95. The highest BCUT2D eigenvalue weighted by molar-refractivity contribution is 7.80. The van der Waals surface area contributed by atoms with Crippen molar-refractivity contribution in [3.63, 3.8) is 0 Å². The first-order valence-corrected chi connectivity index (χ1v) is 15.2. The molecule has 0 radical (unpaired) electrons. The van der Waals surface area contributed by atoms with Gasteiger partial charge in [-0.2, -0.15) is 0 Å². The number of nitrogens with zero attached hydrogens (tertiary/aromatic N) is 3. The fourth-order valence-corrected chi connectivity index (χ4v) is 6.24. The molecule has 0 unspecified atom stereocenters. The topological polar surface area (TPSA) is 97.7 Å². The lowest BCUT2D eigenvalue weighted by Gasteiger charge is -2.28. The Bertz CT molecular complexity index is 1880. The number of nitrogens with one attached hydrogen (secondary N) is 2. The molecule has 1 aliphatic heterocycles. The number of amides is 1. The van der Waals surface area contributed by atoms with Gasteiger partial charge in [0.15, 0.2) is 11.7 Å². The molecule has 0 spiro atoms. The van der Waals surface area contributed by atoms with Gasteiger partial charge in [0.25, 0.3) is 5.91 Å². The van der Waals surface area contributed by atoms with Gasteiger partial charge in [-0.15, -0.1) is 0 Å². The maximum Gasteiger partial charge on any atom is 0.337 e. The number of para-hydroxylation sites is 1. The van der Waals surface area contributed by atoms with Crippen LogP contribution in [0.4, 0.5) is 11.4 Å². The van der Waals surface area contributed by atoms with Crippen LogP contribution in [-0.2, 0) is 9.53 Å². The first-order chi connectivity index (χ1) is 22.3.